The van der Waals surface area contributed by atoms with Crippen molar-refractivity contribution in [3.63, 3.8) is 0 Å². The molecule has 0 aromatic heterocycles. The predicted octanol–water partition coefficient (Wildman–Crippen LogP) is -3.56. The van der Waals surface area contributed by atoms with E-state index in [-0.39, 0.29) is 18.7 Å². The fourth-order valence-electron chi connectivity index (χ4n) is 4.05. The largest absolute Gasteiger partial charge is 0.390 e. The summed E-state index contributed by atoms with van der Waals surface area (Å²) in [7, 11) is 2.84. The molecule has 1 aliphatic heterocycles. The van der Waals surface area contributed by atoms with Crippen LogP contribution in [0, 0.1) is 0 Å². The lowest BCUT2D eigenvalue weighted by Crippen LogP contribution is -2.72. The van der Waals surface area contributed by atoms with Crippen molar-refractivity contribution in [2.24, 2.45) is 27.9 Å². The zero-order valence-electron chi connectivity index (χ0n) is 17.7. The first-order chi connectivity index (χ1) is 14.1. The van der Waals surface area contributed by atoms with Crippen LogP contribution in [-0.4, -0.2) is 109 Å². The Balaban J connectivity index is 2.23. The third kappa shape index (κ3) is 5.26. The molecule has 2 rings (SSSR count). The summed E-state index contributed by atoms with van der Waals surface area (Å²) in [6.45, 7) is 1.61. The number of amides is 1. The number of aliphatic imine (C=N–C) groups is 1. The van der Waals surface area contributed by atoms with Gasteiger partial charge in [-0.05, 0) is 19.8 Å². The molecule has 0 radical (unpaired) electrons. The topological polar surface area (TPSA) is 205 Å². The Labute approximate surface area is 176 Å². The van der Waals surface area contributed by atoms with Gasteiger partial charge in [0.2, 0.25) is 5.91 Å². The van der Waals surface area contributed by atoms with Crippen molar-refractivity contribution in [1.29, 1.82) is 0 Å². The quantitative estimate of drug-likeness (QED) is 0.172. The van der Waals surface area contributed by atoms with Crippen molar-refractivity contribution in [1.82, 2.24) is 4.90 Å². The van der Waals surface area contributed by atoms with Gasteiger partial charge in [0.25, 0.3) is 0 Å². The second kappa shape index (κ2) is 10.8. The normalized spacial score (nSPS) is 41.0. The van der Waals surface area contributed by atoms with Crippen LogP contribution in [-0.2, 0) is 19.0 Å². The van der Waals surface area contributed by atoms with Crippen LogP contribution in [0.4, 0.5) is 0 Å². The van der Waals surface area contributed by atoms with E-state index in [2.05, 4.69) is 4.99 Å². The number of likely N-dealkylation sites (N-methyl/N-ethyl adjacent to an activating group) is 1. The summed E-state index contributed by atoms with van der Waals surface area (Å²) < 4.78 is 17.2. The summed E-state index contributed by atoms with van der Waals surface area (Å²) in [6, 6.07) is -2.62. The Morgan fingerprint density at radius 3 is 2.53 bits per heavy atom. The summed E-state index contributed by atoms with van der Waals surface area (Å²) in [5.41, 5.74) is 23.5. The van der Waals surface area contributed by atoms with Gasteiger partial charge in [0.05, 0.1) is 36.7 Å². The molecule has 0 aromatic carbocycles. The van der Waals surface area contributed by atoms with Crippen molar-refractivity contribution < 1.29 is 29.2 Å². The van der Waals surface area contributed by atoms with E-state index in [4.69, 9.17) is 37.1 Å². The minimum atomic E-state index is -1.28. The van der Waals surface area contributed by atoms with Crippen LogP contribution in [0.2, 0.25) is 0 Å². The molecule has 1 heterocycles. The molecule has 10 atom stereocenters. The number of ether oxygens (including phenoxy) is 3. The molecule has 1 amide bonds. The third-order valence-electron chi connectivity index (χ3n) is 5.90. The Bertz CT molecular complexity index is 596. The SMILES string of the molecule is CO[C@H]1[C@@H](O)[C@@H](N)[C@@H](O[C@@H]2O[C@@H]([C@@H](C)N)CC[C@@H]2N)[C@@H](O)[C@@H]1N(C)C(=O)CN=CN. The summed E-state index contributed by atoms with van der Waals surface area (Å²) in [4.78, 5) is 17.4. The van der Waals surface area contributed by atoms with E-state index in [0.29, 0.717) is 12.8 Å². The summed E-state index contributed by atoms with van der Waals surface area (Å²) in [5.74, 6) is -0.424. The zero-order valence-corrected chi connectivity index (χ0v) is 17.7. The van der Waals surface area contributed by atoms with Gasteiger partial charge in [0.1, 0.15) is 24.9 Å². The number of hydrogen-bond acceptors (Lipinski definition) is 10. The van der Waals surface area contributed by atoms with Crippen LogP contribution in [0.15, 0.2) is 4.99 Å². The Morgan fingerprint density at radius 2 is 1.97 bits per heavy atom. The third-order valence-corrected chi connectivity index (χ3v) is 5.90. The van der Waals surface area contributed by atoms with E-state index in [9.17, 15) is 15.0 Å². The van der Waals surface area contributed by atoms with Crippen molar-refractivity contribution in [3.05, 3.63) is 0 Å². The fourth-order valence-corrected chi connectivity index (χ4v) is 4.05. The lowest BCUT2D eigenvalue weighted by molar-refractivity contribution is -0.267. The molecule has 0 bridgehead atoms. The van der Waals surface area contributed by atoms with Gasteiger partial charge in [0, 0.05) is 20.2 Å². The number of rotatable bonds is 7. The van der Waals surface area contributed by atoms with E-state index >= 15 is 0 Å². The fraction of sp³-hybridized carbons (Fsp3) is 0.889. The van der Waals surface area contributed by atoms with E-state index < -0.39 is 54.7 Å². The van der Waals surface area contributed by atoms with Gasteiger partial charge in [-0.25, -0.2) is 0 Å². The maximum absolute atomic E-state index is 12.4. The lowest BCUT2D eigenvalue weighted by atomic mass is 9.80. The van der Waals surface area contributed by atoms with Crippen molar-refractivity contribution in [2.45, 2.75) is 80.7 Å². The first-order valence-corrected chi connectivity index (χ1v) is 10.1. The molecule has 2 aliphatic rings. The standard InChI is InChI=1S/C18H36N6O6/c1-8(20)10-5-4-9(21)18(29-10)30-16-12(22)14(26)17(28-3)13(15(16)27)24(2)11(25)6-23-7-19/h7-10,12-18,26-27H,4-6,20-22H2,1-3H3,(H2,19,23)/t8-,9+,10-,12-,13+,14+,15+,16-,17-,18+/m1/s1. The molecule has 0 aromatic rings. The van der Waals surface area contributed by atoms with Gasteiger partial charge >= 0.3 is 0 Å². The number of aliphatic hydroxyl groups excluding tert-OH is 2. The Kier molecular flexibility index (Phi) is 8.94. The highest BCUT2D eigenvalue weighted by atomic mass is 16.7. The van der Waals surface area contributed by atoms with Gasteiger partial charge in [-0.15, -0.1) is 0 Å². The van der Waals surface area contributed by atoms with Gasteiger partial charge < -0.3 is 52.3 Å². The average molecular weight is 433 g/mol. The number of hydrogen-bond donors (Lipinski definition) is 6. The second-order valence-corrected chi connectivity index (χ2v) is 7.99. The minimum absolute atomic E-state index is 0.215. The Hall–Kier alpha value is -1.38. The Morgan fingerprint density at radius 1 is 1.30 bits per heavy atom. The summed E-state index contributed by atoms with van der Waals surface area (Å²) >= 11 is 0. The number of methoxy groups -OCH3 is 1. The lowest BCUT2D eigenvalue weighted by Gasteiger charge is -2.50. The van der Waals surface area contributed by atoms with Crippen LogP contribution < -0.4 is 22.9 Å². The molecule has 2 fully saturated rings. The van der Waals surface area contributed by atoms with Crippen LogP contribution in [0.3, 0.4) is 0 Å². The molecule has 12 nitrogen and oxygen atoms in total. The molecule has 1 saturated carbocycles. The molecule has 1 saturated heterocycles. The molecule has 30 heavy (non-hydrogen) atoms. The first-order valence-electron chi connectivity index (χ1n) is 10.1. The molecule has 10 N–H and O–H groups in total. The monoisotopic (exact) mass is 432 g/mol. The van der Waals surface area contributed by atoms with Gasteiger partial charge in [-0.3, -0.25) is 9.79 Å². The van der Waals surface area contributed by atoms with Gasteiger partial charge in [0.15, 0.2) is 6.29 Å². The molecule has 0 spiro atoms. The van der Waals surface area contributed by atoms with E-state index in [0.717, 1.165) is 6.34 Å². The molecule has 12 heteroatoms. The van der Waals surface area contributed by atoms with Crippen molar-refractivity contribution in [2.75, 3.05) is 20.7 Å². The minimum Gasteiger partial charge on any atom is -0.390 e. The van der Waals surface area contributed by atoms with Crippen molar-refractivity contribution in [3.8, 4) is 0 Å². The van der Waals surface area contributed by atoms with Crippen molar-refractivity contribution >= 4 is 12.2 Å². The first kappa shape index (κ1) is 24.9. The van der Waals surface area contributed by atoms with Crippen LogP contribution in [0.5, 0.6) is 0 Å². The molecular weight excluding hydrogens is 396 g/mol. The van der Waals surface area contributed by atoms with Crippen LogP contribution in [0.1, 0.15) is 19.8 Å². The average Bonchev–Trinajstić information content (AvgIpc) is 2.72. The molecule has 0 unspecified atom stereocenters. The molecular formula is C18H36N6O6. The number of aliphatic hydroxyl groups is 2. The molecule has 1 aliphatic carbocycles. The van der Waals surface area contributed by atoms with Gasteiger partial charge in [-0.1, -0.05) is 0 Å². The number of nitrogens with zero attached hydrogens (tertiary/aromatic N) is 2. The van der Waals surface area contributed by atoms with E-state index in [1.54, 1.807) is 0 Å². The summed E-state index contributed by atoms with van der Waals surface area (Å²) in [5, 5.41) is 21.8. The van der Waals surface area contributed by atoms with E-state index in [1.165, 1.54) is 19.1 Å². The maximum atomic E-state index is 12.4. The predicted molar refractivity (Wildman–Crippen MR) is 109 cm³/mol. The highest BCUT2D eigenvalue weighted by molar-refractivity contribution is 5.79. The van der Waals surface area contributed by atoms with Crippen LogP contribution >= 0.6 is 0 Å². The van der Waals surface area contributed by atoms with E-state index in [1.807, 2.05) is 6.92 Å². The second-order valence-electron chi connectivity index (χ2n) is 7.99. The maximum Gasteiger partial charge on any atom is 0.244 e. The zero-order chi connectivity index (χ0) is 22.6. The number of carbonyl (C=O) groups is 1. The highest BCUT2D eigenvalue weighted by Gasteiger charge is 2.53. The molecule has 174 valence electrons. The highest BCUT2D eigenvalue weighted by Crippen LogP contribution is 2.31. The van der Waals surface area contributed by atoms with Gasteiger partial charge in [-0.2, -0.15) is 0 Å². The number of nitrogens with two attached hydrogens (primary N) is 4. The van der Waals surface area contributed by atoms with Crippen LogP contribution in [0.25, 0.3) is 0 Å². The summed E-state index contributed by atoms with van der Waals surface area (Å²) in [6.07, 6.45) is -3.29. The smallest absolute Gasteiger partial charge is 0.244 e. The number of carbonyl (C=O) groups excluding carboxylic acids is 1.